The van der Waals surface area contributed by atoms with Crippen LogP contribution in [-0.2, 0) is 12.8 Å². The molecule has 1 atom stereocenters. The number of rotatable bonds is 4. The van der Waals surface area contributed by atoms with E-state index in [-0.39, 0.29) is 0 Å². The van der Waals surface area contributed by atoms with Crippen LogP contribution in [0.1, 0.15) is 36.6 Å². The molecule has 0 aromatic heterocycles. The predicted octanol–water partition coefficient (Wildman–Crippen LogP) is 4.36. The van der Waals surface area contributed by atoms with Crippen LogP contribution in [0.3, 0.4) is 0 Å². The van der Waals surface area contributed by atoms with E-state index in [2.05, 4.69) is 48.6 Å². The van der Waals surface area contributed by atoms with Crippen LogP contribution in [0.4, 0.5) is 5.69 Å². The standard InChI is InChI=1S/C18H21NO/c1-3-13-8-9-17-15(10-13)12-18(19-17)14-6-5-7-16(11-14)20-4-2/h5-11,18-19H,3-4,12H2,1-2H3. The lowest BCUT2D eigenvalue weighted by molar-refractivity contribution is 0.339. The lowest BCUT2D eigenvalue weighted by Crippen LogP contribution is -2.05. The van der Waals surface area contributed by atoms with Gasteiger partial charge in [-0.2, -0.15) is 0 Å². The molecule has 0 amide bonds. The maximum Gasteiger partial charge on any atom is 0.119 e. The molecular weight excluding hydrogens is 246 g/mol. The van der Waals surface area contributed by atoms with E-state index in [9.17, 15) is 0 Å². The molecule has 2 heteroatoms. The first kappa shape index (κ1) is 13.0. The maximum atomic E-state index is 5.59. The van der Waals surface area contributed by atoms with Crippen LogP contribution in [0, 0.1) is 0 Å². The Bertz CT molecular complexity index is 606. The summed E-state index contributed by atoms with van der Waals surface area (Å²) in [6.45, 7) is 4.93. The number of aryl methyl sites for hydroxylation is 1. The minimum absolute atomic E-state index is 0.359. The van der Waals surface area contributed by atoms with E-state index in [0.29, 0.717) is 12.6 Å². The topological polar surface area (TPSA) is 21.3 Å². The molecular formula is C18H21NO. The minimum atomic E-state index is 0.359. The molecule has 0 saturated carbocycles. The smallest absolute Gasteiger partial charge is 0.119 e. The van der Waals surface area contributed by atoms with Crippen molar-refractivity contribution in [2.24, 2.45) is 0 Å². The molecule has 0 saturated heterocycles. The Labute approximate surface area is 120 Å². The van der Waals surface area contributed by atoms with Gasteiger partial charge in [0.25, 0.3) is 0 Å². The van der Waals surface area contributed by atoms with Gasteiger partial charge >= 0.3 is 0 Å². The van der Waals surface area contributed by atoms with Crippen molar-refractivity contribution in [1.29, 1.82) is 0 Å². The van der Waals surface area contributed by atoms with Gasteiger partial charge in [0.05, 0.1) is 12.6 Å². The van der Waals surface area contributed by atoms with E-state index in [1.165, 1.54) is 22.4 Å². The predicted molar refractivity (Wildman–Crippen MR) is 83.5 cm³/mol. The summed E-state index contributed by atoms with van der Waals surface area (Å²) in [6.07, 6.45) is 2.15. The number of fused-ring (bicyclic) bond motifs is 1. The van der Waals surface area contributed by atoms with Crippen molar-refractivity contribution >= 4 is 5.69 Å². The highest BCUT2D eigenvalue weighted by molar-refractivity contribution is 5.59. The second kappa shape index (κ2) is 5.58. The van der Waals surface area contributed by atoms with Crippen LogP contribution in [0.25, 0.3) is 0 Å². The summed E-state index contributed by atoms with van der Waals surface area (Å²) in [4.78, 5) is 0. The second-order valence-corrected chi connectivity index (χ2v) is 5.25. The van der Waals surface area contributed by atoms with Gasteiger partial charge in [-0.1, -0.05) is 31.2 Å². The van der Waals surface area contributed by atoms with E-state index >= 15 is 0 Å². The molecule has 1 N–H and O–H groups in total. The van der Waals surface area contributed by atoms with Crippen molar-refractivity contribution in [1.82, 2.24) is 0 Å². The van der Waals surface area contributed by atoms with Crippen LogP contribution >= 0.6 is 0 Å². The summed E-state index contributed by atoms with van der Waals surface area (Å²) < 4.78 is 5.59. The molecule has 1 unspecified atom stereocenters. The van der Waals surface area contributed by atoms with Gasteiger partial charge in [0.2, 0.25) is 0 Å². The summed E-state index contributed by atoms with van der Waals surface area (Å²) in [5, 5.41) is 3.62. The molecule has 0 aliphatic carbocycles. The Morgan fingerprint density at radius 1 is 1.15 bits per heavy atom. The van der Waals surface area contributed by atoms with Gasteiger partial charge in [-0.3, -0.25) is 0 Å². The third-order valence-corrected chi connectivity index (χ3v) is 3.90. The number of hydrogen-bond acceptors (Lipinski definition) is 2. The highest BCUT2D eigenvalue weighted by Crippen LogP contribution is 2.35. The van der Waals surface area contributed by atoms with Crippen LogP contribution in [0.2, 0.25) is 0 Å². The summed E-state index contributed by atoms with van der Waals surface area (Å²) in [7, 11) is 0. The van der Waals surface area contributed by atoms with Crippen molar-refractivity contribution in [3.05, 3.63) is 59.2 Å². The summed E-state index contributed by atoms with van der Waals surface area (Å²) in [6, 6.07) is 15.5. The molecule has 2 aromatic carbocycles. The molecule has 1 heterocycles. The highest BCUT2D eigenvalue weighted by Gasteiger charge is 2.22. The van der Waals surface area contributed by atoms with Gasteiger partial charge in [0.15, 0.2) is 0 Å². The lowest BCUT2D eigenvalue weighted by atomic mass is 10.0. The Morgan fingerprint density at radius 2 is 2.05 bits per heavy atom. The number of ether oxygens (including phenoxy) is 1. The SMILES string of the molecule is CCOc1cccc(C2Cc3cc(CC)ccc3N2)c1. The van der Waals surface area contributed by atoms with E-state index in [0.717, 1.165) is 18.6 Å². The Balaban J connectivity index is 1.82. The van der Waals surface area contributed by atoms with Crippen LogP contribution in [-0.4, -0.2) is 6.61 Å². The molecule has 3 rings (SSSR count). The molecule has 1 aliphatic rings. The molecule has 2 aromatic rings. The van der Waals surface area contributed by atoms with Gasteiger partial charge in [0.1, 0.15) is 5.75 Å². The van der Waals surface area contributed by atoms with Crippen LogP contribution < -0.4 is 10.1 Å². The summed E-state index contributed by atoms with van der Waals surface area (Å²) >= 11 is 0. The Morgan fingerprint density at radius 3 is 2.85 bits per heavy atom. The second-order valence-electron chi connectivity index (χ2n) is 5.25. The summed E-state index contributed by atoms with van der Waals surface area (Å²) in [5.74, 6) is 0.956. The monoisotopic (exact) mass is 267 g/mol. The van der Waals surface area contributed by atoms with Crippen molar-refractivity contribution in [2.75, 3.05) is 11.9 Å². The summed E-state index contributed by atoms with van der Waals surface area (Å²) in [5.41, 5.74) is 5.41. The number of nitrogens with one attached hydrogen (secondary N) is 1. The zero-order chi connectivity index (χ0) is 13.9. The maximum absolute atomic E-state index is 5.59. The van der Waals surface area contributed by atoms with Gasteiger partial charge < -0.3 is 10.1 Å². The molecule has 2 nitrogen and oxygen atoms in total. The zero-order valence-electron chi connectivity index (χ0n) is 12.1. The quantitative estimate of drug-likeness (QED) is 0.888. The number of benzene rings is 2. The van der Waals surface area contributed by atoms with Gasteiger partial charge in [0, 0.05) is 5.69 Å². The van der Waals surface area contributed by atoms with E-state index in [1.807, 2.05) is 13.0 Å². The first-order valence-corrected chi connectivity index (χ1v) is 7.41. The molecule has 20 heavy (non-hydrogen) atoms. The molecule has 0 radical (unpaired) electrons. The first-order valence-electron chi connectivity index (χ1n) is 7.41. The number of anilines is 1. The zero-order valence-corrected chi connectivity index (χ0v) is 12.1. The molecule has 0 bridgehead atoms. The van der Waals surface area contributed by atoms with Gasteiger partial charge in [-0.15, -0.1) is 0 Å². The molecule has 1 aliphatic heterocycles. The number of hydrogen-bond donors (Lipinski definition) is 1. The van der Waals surface area contributed by atoms with E-state index in [4.69, 9.17) is 4.74 Å². The fourth-order valence-electron chi connectivity index (χ4n) is 2.82. The minimum Gasteiger partial charge on any atom is -0.494 e. The van der Waals surface area contributed by atoms with E-state index < -0.39 is 0 Å². The van der Waals surface area contributed by atoms with Crippen LogP contribution in [0.15, 0.2) is 42.5 Å². The Hall–Kier alpha value is -1.96. The van der Waals surface area contributed by atoms with Crippen molar-refractivity contribution in [3.8, 4) is 5.75 Å². The third-order valence-electron chi connectivity index (χ3n) is 3.90. The van der Waals surface area contributed by atoms with E-state index in [1.54, 1.807) is 0 Å². The Kier molecular flexibility index (Phi) is 3.64. The van der Waals surface area contributed by atoms with Gasteiger partial charge in [-0.05, 0) is 54.7 Å². The molecule has 0 fully saturated rings. The molecule has 0 spiro atoms. The largest absolute Gasteiger partial charge is 0.494 e. The highest BCUT2D eigenvalue weighted by atomic mass is 16.5. The average molecular weight is 267 g/mol. The normalized spacial score (nSPS) is 16.6. The van der Waals surface area contributed by atoms with Crippen molar-refractivity contribution < 1.29 is 4.74 Å². The lowest BCUT2D eigenvalue weighted by Gasteiger charge is -2.13. The molecule has 104 valence electrons. The average Bonchev–Trinajstić information content (AvgIpc) is 2.90. The van der Waals surface area contributed by atoms with Crippen molar-refractivity contribution in [2.45, 2.75) is 32.7 Å². The first-order chi connectivity index (χ1) is 9.80. The van der Waals surface area contributed by atoms with Gasteiger partial charge in [-0.25, -0.2) is 0 Å². The fourth-order valence-corrected chi connectivity index (χ4v) is 2.82. The van der Waals surface area contributed by atoms with Crippen LogP contribution in [0.5, 0.6) is 5.75 Å². The van der Waals surface area contributed by atoms with Crippen molar-refractivity contribution in [3.63, 3.8) is 0 Å². The third kappa shape index (κ3) is 2.51. The fraction of sp³-hybridized carbons (Fsp3) is 0.333.